The summed E-state index contributed by atoms with van der Waals surface area (Å²) < 4.78 is 50.6. The Labute approximate surface area is 465 Å². The summed E-state index contributed by atoms with van der Waals surface area (Å²) in [7, 11) is 0. The van der Waals surface area contributed by atoms with Gasteiger partial charge in [0.25, 0.3) is 0 Å². The van der Waals surface area contributed by atoms with Crippen molar-refractivity contribution in [2.75, 3.05) is 79.2 Å². The van der Waals surface area contributed by atoms with Gasteiger partial charge in [0.1, 0.15) is 87.8 Å². The molecule has 446 valence electrons. The van der Waals surface area contributed by atoms with Crippen molar-refractivity contribution < 1.29 is 95.9 Å². The Kier molecular flexibility index (Phi) is 32.9. The van der Waals surface area contributed by atoms with Crippen LogP contribution in [0, 0.1) is 23.2 Å². The number of alkyl carbamates (subject to hydrolysis) is 2. The van der Waals surface area contributed by atoms with E-state index in [2.05, 4.69) is 10.6 Å². The minimum atomic E-state index is -1.43. The normalized spacial score (nSPS) is 15.3. The summed E-state index contributed by atoms with van der Waals surface area (Å²) in [5.74, 6) is -0.859. The third-order valence-corrected chi connectivity index (χ3v) is 11.8. The summed E-state index contributed by atoms with van der Waals surface area (Å²) in [6, 6.07) is 12.6. The average Bonchev–Trinajstić information content (AvgIpc) is 4.38. The Hall–Kier alpha value is -6.36. The van der Waals surface area contributed by atoms with Crippen LogP contribution in [-0.2, 0) is 57.1 Å². The van der Waals surface area contributed by atoms with E-state index in [1.54, 1.807) is 62.4 Å². The maximum atomic E-state index is 11.9. The zero-order valence-electron chi connectivity index (χ0n) is 48.6. The van der Waals surface area contributed by atoms with Gasteiger partial charge in [-0.3, -0.25) is 28.8 Å². The highest BCUT2D eigenvalue weighted by atomic mass is 16.6. The van der Waals surface area contributed by atoms with Crippen LogP contribution in [0.1, 0.15) is 136 Å². The number of benzene rings is 2. The number of amides is 2. The Morgan fingerprint density at radius 3 is 1.14 bits per heavy atom. The van der Waals surface area contributed by atoms with Crippen molar-refractivity contribution in [2.45, 2.75) is 139 Å². The lowest BCUT2D eigenvalue weighted by Gasteiger charge is -2.19. The van der Waals surface area contributed by atoms with Gasteiger partial charge in [-0.25, -0.2) is 9.59 Å². The summed E-state index contributed by atoms with van der Waals surface area (Å²) in [5, 5.41) is 24.4. The van der Waals surface area contributed by atoms with E-state index >= 15 is 0 Å². The highest BCUT2D eigenvalue weighted by Crippen LogP contribution is 2.23. The number of ketones is 2. The first-order chi connectivity index (χ1) is 37.1. The number of ether oxygens (including phenoxy) is 10. The highest BCUT2D eigenvalue weighted by Gasteiger charge is 2.31. The van der Waals surface area contributed by atoms with Crippen molar-refractivity contribution in [3.8, 4) is 11.5 Å². The lowest BCUT2D eigenvalue weighted by molar-refractivity contribution is -0.154. The quantitative estimate of drug-likeness (QED) is 0.0201. The minimum absolute atomic E-state index is 0.0220. The van der Waals surface area contributed by atoms with Gasteiger partial charge in [-0.05, 0) is 116 Å². The van der Waals surface area contributed by atoms with Crippen LogP contribution in [0.25, 0.3) is 0 Å². The van der Waals surface area contributed by atoms with Gasteiger partial charge in [0.15, 0.2) is 11.6 Å². The van der Waals surface area contributed by atoms with Crippen LogP contribution < -0.4 is 20.1 Å². The van der Waals surface area contributed by atoms with Crippen LogP contribution in [0.15, 0.2) is 48.5 Å². The van der Waals surface area contributed by atoms with Gasteiger partial charge in [-0.15, -0.1) is 0 Å². The number of Topliss-reactive ketones (excluding diaryl/α,β-unsaturated/α-hetero) is 2. The largest absolute Gasteiger partial charge is 0.490 e. The molecule has 5 unspecified atom stereocenters. The van der Waals surface area contributed by atoms with Crippen LogP contribution >= 0.6 is 0 Å². The van der Waals surface area contributed by atoms with E-state index in [9.17, 15) is 48.6 Å². The molecule has 5 atom stereocenters. The van der Waals surface area contributed by atoms with Crippen molar-refractivity contribution in [1.29, 1.82) is 0 Å². The monoisotopic (exact) mass is 1120 g/mol. The van der Waals surface area contributed by atoms with Crippen LogP contribution in [0.5, 0.6) is 11.5 Å². The molecule has 2 fully saturated rings. The number of hydrogen-bond donors (Lipinski definition) is 4. The highest BCUT2D eigenvalue weighted by molar-refractivity contribution is 6.02. The Morgan fingerprint density at radius 2 is 0.835 bits per heavy atom. The topological polar surface area (TPSA) is 300 Å². The Bertz CT molecular complexity index is 2040. The molecule has 2 amide bonds. The molecule has 2 aliphatic rings. The molecule has 4 rings (SSSR count). The van der Waals surface area contributed by atoms with Crippen molar-refractivity contribution in [1.82, 2.24) is 10.6 Å². The van der Waals surface area contributed by atoms with E-state index in [-0.39, 0.29) is 124 Å². The molecular formula is C57H88N2O20. The summed E-state index contributed by atoms with van der Waals surface area (Å²) in [6.45, 7) is 25.8. The lowest BCUT2D eigenvalue weighted by Crippen LogP contribution is -2.31. The smallest absolute Gasteiger partial charge is 0.407 e. The Morgan fingerprint density at radius 1 is 0.506 bits per heavy atom. The molecule has 0 saturated carbocycles. The fourth-order valence-electron chi connectivity index (χ4n) is 5.35. The summed E-state index contributed by atoms with van der Waals surface area (Å²) >= 11 is 0. The molecule has 0 aliphatic carbocycles. The molecule has 22 nitrogen and oxygen atoms in total. The second kappa shape index (κ2) is 36.7. The number of esters is 4. The maximum absolute atomic E-state index is 11.9. The first-order valence-corrected chi connectivity index (χ1v) is 26.8. The summed E-state index contributed by atoms with van der Waals surface area (Å²) in [5.41, 5.74) is -2.46. The second-order valence-electron chi connectivity index (χ2n) is 20.3. The van der Waals surface area contributed by atoms with Gasteiger partial charge in [0, 0.05) is 11.1 Å². The van der Waals surface area contributed by atoms with Gasteiger partial charge in [0.05, 0.1) is 49.5 Å². The molecule has 0 radical (unpaired) electrons. The molecule has 2 aliphatic heterocycles. The number of epoxide rings is 2. The van der Waals surface area contributed by atoms with Crippen molar-refractivity contribution in [3.05, 3.63) is 59.7 Å². The number of hydrogen-bond acceptors (Lipinski definition) is 20. The Balaban J connectivity index is 0.000000568. The van der Waals surface area contributed by atoms with Gasteiger partial charge >= 0.3 is 36.1 Å². The van der Waals surface area contributed by atoms with E-state index in [4.69, 9.17) is 47.4 Å². The van der Waals surface area contributed by atoms with Gasteiger partial charge in [-0.2, -0.15) is 0 Å². The van der Waals surface area contributed by atoms with Gasteiger partial charge in [0.2, 0.25) is 0 Å². The zero-order chi connectivity index (χ0) is 59.8. The molecule has 2 aromatic carbocycles. The summed E-state index contributed by atoms with van der Waals surface area (Å²) in [6.07, 6.45) is 2.13. The first-order valence-electron chi connectivity index (χ1n) is 26.8. The minimum Gasteiger partial charge on any atom is -0.490 e. The van der Waals surface area contributed by atoms with Crippen molar-refractivity contribution >= 4 is 47.6 Å². The zero-order valence-corrected chi connectivity index (χ0v) is 48.6. The van der Waals surface area contributed by atoms with Gasteiger partial charge in [-0.1, -0.05) is 48.5 Å². The fraction of sp³-hybridized carbons (Fsp3) is 0.649. The summed E-state index contributed by atoms with van der Waals surface area (Å²) in [4.78, 5) is 92.2. The van der Waals surface area contributed by atoms with E-state index in [1.807, 2.05) is 48.5 Å². The van der Waals surface area contributed by atoms with Crippen molar-refractivity contribution in [3.63, 3.8) is 0 Å². The number of carbonyl (C=O) groups excluding carboxylic acids is 8. The molecular weight excluding hydrogens is 1030 g/mol. The van der Waals surface area contributed by atoms with Crippen LogP contribution in [0.3, 0.4) is 0 Å². The number of rotatable bonds is 30. The molecule has 2 heterocycles. The third kappa shape index (κ3) is 31.7. The van der Waals surface area contributed by atoms with E-state index in [0.29, 0.717) is 48.7 Å². The van der Waals surface area contributed by atoms with Crippen LogP contribution in [0.2, 0.25) is 0 Å². The van der Waals surface area contributed by atoms with Crippen molar-refractivity contribution in [2.24, 2.45) is 23.2 Å². The average molecular weight is 1120 g/mol. The number of aliphatic hydroxyl groups is 2. The van der Waals surface area contributed by atoms with Crippen LogP contribution in [0.4, 0.5) is 9.59 Å². The number of carbonyl (C=O) groups is 8. The molecule has 79 heavy (non-hydrogen) atoms. The molecule has 0 aromatic heterocycles. The predicted molar refractivity (Wildman–Crippen MR) is 290 cm³/mol. The molecule has 2 aromatic rings. The van der Waals surface area contributed by atoms with E-state index in [0.717, 1.165) is 26.1 Å². The SMILES string of the molecule is CCC(C)(C)C(=O)OCC1CO1.CCC(C)C(=O)OCC1CO1.CCC(C)C(=O)OCCNC(=O)OCCOc1ccc(C(=O)C(C)(C)O)cc1.CCC(C)C(=O)OCCNC(=O)OCCOc1ccc(C(=O)C(C)(C)O)cc1. The molecule has 2 saturated heterocycles. The van der Waals surface area contributed by atoms with Gasteiger partial charge < -0.3 is 68.2 Å². The maximum Gasteiger partial charge on any atom is 0.407 e. The first kappa shape index (κ1) is 70.7. The van der Waals surface area contributed by atoms with Crippen LogP contribution in [-0.4, -0.2) is 160 Å². The molecule has 0 spiro atoms. The third-order valence-electron chi connectivity index (χ3n) is 11.8. The van der Waals surface area contributed by atoms with E-state index in [1.165, 1.54) is 27.7 Å². The lowest BCUT2D eigenvalue weighted by atomic mass is 9.91. The predicted octanol–water partition coefficient (Wildman–Crippen LogP) is 7.01. The number of nitrogens with one attached hydrogen (secondary N) is 2. The molecule has 4 N–H and O–H groups in total. The fourth-order valence-corrected chi connectivity index (χ4v) is 5.35. The standard InChI is InChI=1S/2C20H29NO7.C9H16O3.C8H14O3/c2*1-5-14(2)18(23)27-11-10-21-19(24)28-13-12-26-16-8-6-15(7-9-16)17(22)20(3,4)25;1-4-9(2,3)8(10)12-6-7-5-11-7;1-3-6(2)8(9)11-5-7-4-10-7/h2*6-9,14,25H,5,10-13H2,1-4H3,(H,21,24);7H,4-6H2,1-3H3;6-7H,3-5H2,1-2H3. The van der Waals surface area contributed by atoms with E-state index < -0.39 is 23.4 Å². The molecule has 0 bridgehead atoms. The second-order valence-corrected chi connectivity index (χ2v) is 20.3. The molecule has 22 heteroatoms.